The Bertz CT molecular complexity index is 1400. The van der Waals surface area contributed by atoms with Gasteiger partial charge in [-0.1, -0.05) is 12.1 Å². The Morgan fingerprint density at radius 1 is 1.16 bits per heavy atom. The third-order valence-corrected chi connectivity index (χ3v) is 6.71. The minimum Gasteiger partial charge on any atom is -0.495 e. The van der Waals surface area contributed by atoms with Crippen LogP contribution in [-0.4, -0.2) is 31.5 Å². The number of benzene rings is 2. The van der Waals surface area contributed by atoms with Crippen molar-refractivity contribution in [3.63, 3.8) is 0 Å². The molecule has 32 heavy (non-hydrogen) atoms. The predicted molar refractivity (Wildman–Crippen MR) is 122 cm³/mol. The number of aryl methyl sites for hydroxylation is 1. The molecule has 0 fully saturated rings. The van der Waals surface area contributed by atoms with Gasteiger partial charge in [-0.2, -0.15) is 0 Å². The fourth-order valence-corrected chi connectivity index (χ4v) is 4.93. The first-order valence-electron chi connectivity index (χ1n) is 9.91. The molecule has 0 amide bonds. The lowest BCUT2D eigenvalue weighted by Crippen LogP contribution is -2.12. The Kier molecular flexibility index (Phi) is 5.86. The maximum atomic E-state index is 13.7. The summed E-state index contributed by atoms with van der Waals surface area (Å²) in [6.07, 6.45) is 3.16. The van der Waals surface area contributed by atoms with Gasteiger partial charge in [-0.05, 0) is 55.9 Å². The summed E-state index contributed by atoms with van der Waals surface area (Å²) >= 11 is 0. The number of ether oxygens (including phenoxy) is 1. The Morgan fingerprint density at radius 2 is 1.97 bits per heavy atom. The zero-order chi connectivity index (χ0) is 22.9. The summed E-state index contributed by atoms with van der Waals surface area (Å²) in [5.41, 5.74) is 4.00. The second-order valence-corrected chi connectivity index (χ2v) is 9.18. The van der Waals surface area contributed by atoms with Gasteiger partial charge < -0.3 is 15.4 Å². The van der Waals surface area contributed by atoms with Gasteiger partial charge in [0.2, 0.25) is 0 Å². The molecule has 0 aliphatic rings. The van der Waals surface area contributed by atoms with Crippen LogP contribution in [0.25, 0.3) is 11.0 Å². The molecule has 2 heterocycles. The van der Waals surface area contributed by atoms with Crippen LogP contribution in [0.15, 0.2) is 65.8 Å². The molecule has 0 saturated heterocycles. The van der Waals surface area contributed by atoms with Gasteiger partial charge in [0.1, 0.15) is 11.6 Å². The number of hydrogen-bond donors (Lipinski definition) is 2. The average molecular weight is 455 g/mol. The van der Waals surface area contributed by atoms with E-state index in [9.17, 15) is 12.8 Å². The molecule has 0 spiro atoms. The summed E-state index contributed by atoms with van der Waals surface area (Å²) in [5, 5.41) is 6.26. The van der Waals surface area contributed by atoms with Crippen molar-refractivity contribution in [2.75, 3.05) is 19.5 Å². The van der Waals surface area contributed by atoms with Gasteiger partial charge in [0.05, 0.1) is 40.6 Å². The van der Waals surface area contributed by atoms with Crippen LogP contribution in [0.2, 0.25) is 0 Å². The molecule has 4 rings (SSSR count). The first kappa shape index (κ1) is 21.8. The molecule has 7 nitrogen and oxygen atoms in total. The maximum absolute atomic E-state index is 13.7. The molecule has 0 unspecified atom stereocenters. The van der Waals surface area contributed by atoms with Crippen LogP contribution >= 0.6 is 0 Å². The van der Waals surface area contributed by atoms with Gasteiger partial charge in [-0.25, -0.2) is 16.8 Å². The molecular weight excluding hydrogens is 431 g/mol. The van der Waals surface area contributed by atoms with E-state index < -0.39 is 15.8 Å². The third kappa shape index (κ3) is 4.04. The number of halogens is 1. The molecule has 0 aliphatic carbocycles. The van der Waals surface area contributed by atoms with E-state index in [4.69, 9.17) is 4.74 Å². The van der Waals surface area contributed by atoms with Crippen molar-refractivity contribution in [2.24, 2.45) is 0 Å². The molecule has 0 bridgehead atoms. The third-order valence-electron chi connectivity index (χ3n) is 5.04. The molecule has 9 heteroatoms. The topological polar surface area (TPSA) is 85.2 Å². The van der Waals surface area contributed by atoms with Crippen molar-refractivity contribution in [1.29, 1.82) is 0 Å². The zero-order valence-electron chi connectivity index (χ0n) is 17.9. The monoisotopic (exact) mass is 454 g/mol. The van der Waals surface area contributed by atoms with Crippen LogP contribution in [0, 0.1) is 12.7 Å². The summed E-state index contributed by atoms with van der Waals surface area (Å²) in [6, 6.07) is 12.4. The minimum absolute atomic E-state index is 0.135. The molecule has 0 atom stereocenters. The molecule has 2 aromatic carbocycles. The first-order valence-corrected chi connectivity index (χ1v) is 11.3. The predicted octanol–water partition coefficient (Wildman–Crippen LogP) is 4.19. The van der Waals surface area contributed by atoms with Crippen LogP contribution < -0.4 is 15.4 Å². The van der Waals surface area contributed by atoms with Gasteiger partial charge in [0.15, 0.2) is 0 Å². The number of anilines is 2. The highest BCUT2D eigenvalue weighted by Crippen LogP contribution is 2.31. The second-order valence-electron chi connectivity index (χ2n) is 7.36. The maximum Gasteiger partial charge on any atom is 0.268 e. The van der Waals surface area contributed by atoms with E-state index in [2.05, 4.69) is 15.6 Å². The lowest BCUT2D eigenvalue weighted by molar-refractivity contribution is 0.416. The van der Waals surface area contributed by atoms with Crippen molar-refractivity contribution < 1.29 is 17.5 Å². The van der Waals surface area contributed by atoms with E-state index >= 15 is 0 Å². The van der Waals surface area contributed by atoms with Crippen LogP contribution in [0.1, 0.15) is 11.1 Å². The van der Waals surface area contributed by atoms with Crippen LogP contribution in [0.5, 0.6) is 5.75 Å². The van der Waals surface area contributed by atoms with Crippen molar-refractivity contribution >= 4 is 32.4 Å². The minimum atomic E-state index is -4.04. The number of nitrogens with one attached hydrogen (secondary N) is 2. The normalized spacial score (nSPS) is 11.6. The molecule has 166 valence electrons. The number of nitrogens with zero attached hydrogens (tertiary/aromatic N) is 2. The van der Waals surface area contributed by atoms with Gasteiger partial charge in [0, 0.05) is 18.3 Å². The van der Waals surface area contributed by atoms with Gasteiger partial charge >= 0.3 is 0 Å². The van der Waals surface area contributed by atoms with E-state index in [0.29, 0.717) is 34.6 Å². The standard InChI is InChI=1S/C23H23FN4O3S/c1-15-7-8-20(22(9-15)31-3)27-18-11-21-23(26-13-18)16(12-25-2)14-28(21)32(29,30)19-6-4-5-17(24)10-19/h4-11,13-14,25,27H,12H2,1-3H3. The van der Waals surface area contributed by atoms with Gasteiger partial charge in [0.25, 0.3) is 10.0 Å². The Hall–Kier alpha value is -3.43. The van der Waals surface area contributed by atoms with Gasteiger partial charge in [-0.15, -0.1) is 0 Å². The number of methoxy groups -OCH3 is 1. The number of rotatable bonds is 7. The summed E-state index contributed by atoms with van der Waals surface area (Å²) < 4.78 is 47.0. The molecular formula is C23H23FN4O3S. The molecule has 0 saturated carbocycles. The smallest absolute Gasteiger partial charge is 0.268 e. The highest BCUT2D eigenvalue weighted by molar-refractivity contribution is 7.90. The second kappa shape index (κ2) is 8.60. The Labute approximate surface area is 185 Å². The summed E-state index contributed by atoms with van der Waals surface area (Å²) in [7, 11) is -0.684. The van der Waals surface area contributed by atoms with E-state index in [0.717, 1.165) is 21.3 Å². The van der Waals surface area contributed by atoms with Crippen molar-refractivity contribution in [1.82, 2.24) is 14.3 Å². The summed E-state index contributed by atoms with van der Waals surface area (Å²) in [5.74, 6) is 0.0358. The quantitative estimate of drug-likeness (QED) is 0.436. The van der Waals surface area contributed by atoms with Crippen LogP contribution in [0.4, 0.5) is 15.8 Å². The highest BCUT2D eigenvalue weighted by atomic mass is 32.2. The van der Waals surface area contributed by atoms with Crippen molar-refractivity contribution in [3.8, 4) is 5.75 Å². The molecule has 0 aliphatic heterocycles. The fraction of sp³-hybridized carbons (Fsp3) is 0.174. The van der Waals surface area contributed by atoms with E-state index in [1.54, 1.807) is 26.4 Å². The SMILES string of the molecule is CNCc1cn(S(=O)(=O)c2cccc(F)c2)c2cc(Nc3ccc(C)cc3OC)cnc12. The van der Waals surface area contributed by atoms with Crippen molar-refractivity contribution in [2.45, 2.75) is 18.4 Å². The lowest BCUT2D eigenvalue weighted by atomic mass is 10.2. The Morgan fingerprint density at radius 3 is 2.69 bits per heavy atom. The zero-order valence-corrected chi connectivity index (χ0v) is 18.7. The lowest BCUT2D eigenvalue weighted by Gasteiger charge is -2.12. The molecule has 2 aromatic heterocycles. The molecule has 0 radical (unpaired) electrons. The number of pyridine rings is 1. The number of fused-ring (bicyclic) bond motifs is 1. The fourth-order valence-electron chi connectivity index (χ4n) is 3.53. The highest BCUT2D eigenvalue weighted by Gasteiger charge is 2.23. The number of aromatic nitrogens is 2. The Balaban J connectivity index is 1.85. The molecule has 2 N–H and O–H groups in total. The van der Waals surface area contributed by atoms with Crippen molar-refractivity contribution in [3.05, 3.63) is 77.9 Å². The summed E-state index contributed by atoms with van der Waals surface area (Å²) in [4.78, 5) is 4.38. The summed E-state index contributed by atoms with van der Waals surface area (Å²) in [6.45, 7) is 2.39. The first-order chi connectivity index (χ1) is 15.3. The largest absolute Gasteiger partial charge is 0.495 e. The van der Waals surface area contributed by atoms with Crippen LogP contribution in [-0.2, 0) is 16.6 Å². The van der Waals surface area contributed by atoms with E-state index in [1.165, 1.54) is 24.4 Å². The average Bonchev–Trinajstić information content (AvgIpc) is 3.14. The van der Waals surface area contributed by atoms with Crippen LogP contribution in [0.3, 0.4) is 0 Å². The van der Waals surface area contributed by atoms with E-state index in [1.807, 2.05) is 25.1 Å². The number of hydrogen-bond acceptors (Lipinski definition) is 6. The van der Waals surface area contributed by atoms with Gasteiger partial charge in [-0.3, -0.25) is 4.98 Å². The van der Waals surface area contributed by atoms with E-state index in [-0.39, 0.29) is 4.90 Å². The molecule has 4 aromatic rings.